The van der Waals surface area contributed by atoms with E-state index in [9.17, 15) is 14.4 Å². The summed E-state index contributed by atoms with van der Waals surface area (Å²) in [6.45, 7) is 7.07. The Bertz CT molecular complexity index is 1590. The molecule has 0 bridgehead atoms. The highest BCUT2D eigenvalue weighted by Crippen LogP contribution is 2.42. The van der Waals surface area contributed by atoms with Gasteiger partial charge in [-0.25, -0.2) is 9.37 Å². The number of hydrogen-bond acceptors (Lipinski definition) is 5. The molecular weight excluding hydrogens is 503 g/mol. The quantitative estimate of drug-likeness (QED) is 0.272. The molecule has 1 aromatic heterocycles. The summed E-state index contributed by atoms with van der Waals surface area (Å²) in [6, 6.07) is 21.0. The second kappa shape index (κ2) is 10.4. The van der Waals surface area contributed by atoms with Gasteiger partial charge in [-0.15, -0.1) is 0 Å². The minimum Gasteiger partial charge on any atom is -0.436 e. The van der Waals surface area contributed by atoms with Crippen LogP contribution in [-0.2, 0) is 6.67 Å². The largest absolute Gasteiger partial charge is 0.436 e. The average molecular weight is 537 g/mol. The maximum atomic E-state index is 13.4. The molecule has 2 fully saturated rings. The molecule has 3 heterocycles. The van der Waals surface area contributed by atoms with Gasteiger partial charge in [0.15, 0.2) is 5.58 Å². The minimum atomic E-state index is -0.444. The number of likely N-dealkylation sites (tertiary alicyclic amines) is 1. The molecule has 2 aliphatic rings. The van der Waals surface area contributed by atoms with Crippen LogP contribution in [0, 0.1) is 16.7 Å². The fourth-order valence-corrected chi connectivity index (χ4v) is 6.21. The van der Waals surface area contributed by atoms with Gasteiger partial charge in [0.2, 0.25) is 5.89 Å². The van der Waals surface area contributed by atoms with E-state index in [1.165, 1.54) is 0 Å². The number of benzene rings is 3. The Hall–Kier alpha value is -4.18. The van der Waals surface area contributed by atoms with Crippen LogP contribution in [0.4, 0.5) is 10.1 Å². The first-order valence-electron chi connectivity index (χ1n) is 14.0. The third-order valence-electron chi connectivity index (χ3n) is 8.63. The lowest BCUT2D eigenvalue weighted by molar-refractivity contribution is 0.0764. The van der Waals surface area contributed by atoms with Gasteiger partial charge in [0.25, 0.3) is 5.91 Å². The lowest BCUT2D eigenvalue weighted by Crippen LogP contribution is -2.42. The summed E-state index contributed by atoms with van der Waals surface area (Å²) in [5, 5.41) is 9.40. The van der Waals surface area contributed by atoms with Crippen LogP contribution in [0.3, 0.4) is 0 Å². The maximum Gasteiger partial charge on any atom is 0.253 e. The van der Waals surface area contributed by atoms with E-state index in [2.05, 4.69) is 35.9 Å². The summed E-state index contributed by atoms with van der Waals surface area (Å²) in [5.41, 5.74) is 6.30. The molecule has 6 rings (SSSR count). The molecule has 4 aromatic rings. The van der Waals surface area contributed by atoms with E-state index < -0.39 is 6.67 Å². The fraction of sp³-hybridized carbons (Fsp3) is 0.364. The summed E-state index contributed by atoms with van der Waals surface area (Å²) < 4.78 is 19.3. The number of nitriles is 1. The van der Waals surface area contributed by atoms with Crippen LogP contribution < -0.4 is 4.90 Å². The number of aromatic nitrogens is 1. The van der Waals surface area contributed by atoms with E-state index in [0.717, 1.165) is 62.3 Å². The van der Waals surface area contributed by atoms with Gasteiger partial charge >= 0.3 is 0 Å². The average Bonchev–Trinajstić information content (AvgIpc) is 3.61. The number of fused-ring (bicyclic) bond motifs is 1. The Kier molecular flexibility index (Phi) is 6.79. The lowest BCUT2D eigenvalue weighted by Gasteiger charge is -2.40. The molecule has 0 atom stereocenters. The van der Waals surface area contributed by atoms with Gasteiger partial charge in [-0.2, -0.15) is 5.26 Å². The monoisotopic (exact) mass is 536 g/mol. The Labute approximate surface area is 234 Å². The number of anilines is 1. The Morgan fingerprint density at radius 3 is 2.52 bits per heavy atom. The number of piperidine rings is 1. The lowest BCUT2D eigenvalue weighted by atomic mass is 9.77. The van der Waals surface area contributed by atoms with Gasteiger partial charge in [0.05, 0.1) is 11.6 Å². The number of amides is 1. The zero-order valence-electron chi connectivity index (χ0n) is 23.0. The maximum absolute atomic E-state index is 13.4. The topological polar surface area (TPSA) is 73.4 Å². The first-order chi connectivity index (χ1) is 19.4. The van der Waals surface area contributed by atoms with E-state index in [1.807, 2.05) is 53.4 Å². The number of carbonyl (C=O) groups excluding carboxylic acids is 1. The van der Waals surface area contributed by atoms with E-state index in [0.29, 0.717) is 33.7 Å². The smallest absolute Gasteiger partial charge is 0.253 e. The van der Waals surface area contributed by atoms with Crippen molar-refractivity contribution in [3.8, 4) is 17.5 Å². The number of carbonyl (C=O) groups is 1. The Balaban J connectivity index is 1.13. The van der Waals surface area contributed by atoms with Gasteiger partial charge in [-0.1, -0.05) is 26.0 Å². The molecule has 6 nitrogen and oxygen atoms in total. The van der Waals surface area contributed by atoms with Crippen molar-refractivity contribution in [2.45, 2.75) is 45.7 Å². The van der Waals surface area contributed by atoms with Crippen molar-refractivity contribution in [1.29, 1.82) is 5.26 Å². The second-order valence-corrected chi connectivity index (χ2v) is 11.5. The molecule has 7 heteroatoms. The van der Waals surface area contributed by atoms with Crippen LogP contribution in [0.2, 0.25) is 0 Å². The van der Waals surface area contributed by atoms with Crippen LogP contribution in [-0.4, -0.2) is 42.0 Å². The molecule has 0 N–H and O–H groups in total. The highest BCUT2D eigenvalue weighted by atomic mass is 19.1. The molecule has 0 aliphatic carbocycles. The molecule has 3 aromatic carbocycles. The number of hydrogen-bond donors (Lipinski definition) is 0. The molecule has 1 spiro atoms. The Morgan fingerprint density at radius 1 is 1.07 bits per heavy atom. The van der Waals surface area contributed by atoms with E-state index in [-0.39, 0.29) is 17.2 Å². The molecule has 0 radical (unpaired) electrons. The van der Waals surface area contributed by atoms with Gasteiger partial charge < -0.3 is 14.2 Å². The van der Waals surface area contributed by atoms with E-state index in [1.54, 1.807) is 6.07 Å². The van der Waals surface area contributed by atoms with Crippen LogP contribution in [0.15, 0.2) is 65.1 Å². The normalized spacial score (nSPS) is 16.7. The summed E-state index contributed by atoms with van der Waals surface area (Å²) in [4.78, 5) is 22.4. The van der Waals surface area contributed by atoms with Crippen molar-refractivity contribution in [3.63, 3.8) is 0 Å². The summed E-state index contributed by atoms with van der Waals surface area (Å²) in [7, 11) is 0. The first kappa shape index (κ1) is 26.1. The first-order valence-corrected chi connectivity index (χ1v) is 14.0. The zero-order chi connectivity index (χ0) is 27.9. The summed E-state index contributed by atoms with van der Waals surface area (Å²) in [6.07, 6.45) is 3.07. The number of nitrogens with zero attached hydrogens (tertiary/aromatic N) is 4. The van der Waals surface area contributed by atoms with Crippen LogP contribution in [0.25, 0.3) is 22.6 Å². The van der Waals surface area contributed by atoms with Gasteiger partial charge in [0.1, 0.15) is 12.2 Å². The van der Waals surface area contributed by atoms with Crippen molar-refractivity contribution in [3.05, 3.63) is 82.9 Å². The molecule has 2 aliphatic heterocycles. The van der Waals surface area contributed by atoms with E-state index >= 15 is 0 Å². The highest BCUT2D eigenvalue weighted by molar-refractivity contribution is 5.95. The number of oxazole rings is 1. The van der Waals surface area contributed by atoms with Crippen molar-refractivity contribution < 1.29 is 13.6 Å². The summed E-state index contributed by atoms with van der Waals surface area (Å²) in [5.74, 6) is 0.731. The third kappa shape index (κ3) is 4.83. The van der Waals surface area contributed by atoms with Crippen molar-refractivity contribution in [2.75, 3.05) is 31.1 Å². The number of halogens is 1. The molecule has 204 valence electrons. The van der Waals surface area contributed by atoms with Gasteiger partial charge in [-0.3, -0.25) is 4.79 Å². The predicted molar refractivity (Wildman–Crippen MR) is 154 cm³/mol. The molecule has 2 saturated heterocycles. The van der Waals surface area contributed by atoms with Gasteiger partial charge in [0, 0.05) is 48.6 Å². The number of alkyl halides is 1. The molecule has 40 heavy (non-hydrogen) atoms. The third-order valence-corrected chi connectivity index (χ3v) is 8.63. The Morgan fingerprint density at radius 2 is 1.82 bits per heavy atom. The predicted octanol–water partition coefficient (Wildman–Crippen LogP) is 7.09. The van der Waals surface area contributed by atoms with Gasteiger partial charge in [-0.05, 0) is 84.7 Å². The summed E-state index contributed by atoms with van der Waals surface area (Å²) >= 11 is 0. The van der Waals surface area contributed by atoms with Crippen molar-refractivity contribution in [1.82, 2.24) is 9.88 Å². The van der Waals surface area contributed by atoms with Crippen LogP contribution in [0.1, 0.15) is 66.1 Å². The molecule has 0 unspecified atom stereocenters. The van der Waals surface area contributed by atoms with Crippen molar-refractivity contribution >= 4 is 22.7 Å². The zero-order valence-corrected chi connectivity index (χ0v) is 23.0. The standard InChI is InChI=1S/C33H33FN4O2/c1-22(2)28-17-24(20-35)18-29-30(28)40-31(36-29)25-6-8-26(9-7-25)32(39)38-15-12-33(21-38)10-13-37(14-11-33)27-5-3-4-23(16-27)19-34/h3-9,16-18,22H,10-15,19,21H2,1-2H3. The number of rotatable bonds is 5. The SMILES string of the molecule is CC(C)c1cc(C#N)cc2nc(-c3ccc(C(=O)N4CCC5(CCN(c6cccc(CF)c6)CC5)C4)cc3)oc12. The minimum absolute atomic E-state index is 0.0554. The van der Waals surface area contributed by atoms with E-state index in [4.69, 9.17) is 4.42 Å². The molecular formula is C33H33FN4O2. The van der Waals surface area contributed by atoms with Crippen molar-refractivity contribution in [2.24, 2.45) is 5.41 Å². The van der Waals surface area contributed by atoms with Crippen LogP contribution in [0.5, 0.6) is 0 Å². The van der Waals surface area contributed by atoms with Crippen LogP contribution >= 0.6 is 0 Å². The molecule has 1 amide bonds. The highest BCUT2D eigenvalue weighted by Gasteiger charge is 2.42. The second-order valence-electron chi connectivity index (χ2n) is 11.5. The molecule has 0 saturated carbocycles. The fourth-order valence-electron chi connectivity index (χ4n) is 6.21.